The maximum Gasteiger partial charge on any atom is 0.429 e. The smallest absolute Gasteiger partial charge is 0.429 e. The number of hydrogen-bond acceptors (Lipinski definition) is 9. The Labute approximate surface area is 293 Å². The molecule has 266 valence electrons. The standard InChI is InChI=1S/C25H22ClF3N6O3.C9H9NO3/c1-13-8-9-35(34-13)20-11-16(26)6-7-17(20)22(25(27,28)29)38-21-12-19(32-24(31)33-21)15-4-2-14(3-5-15)10-18(30)23(36)37;11-8(12)6-10-9(13)7-4-2-1-3-5-7/h2-9,11-12,18,22H,10,30H2,1H3,(H,36,37)(H2,31,32,33);1-5H,6H2,(H,10,13)(H,11,12)/t18?,22-;/m1./s1. The monoisotopic (exact) mass is 725 g/mol. The van der Waals surface area contributed by atoms with Crippen molar-refractivity contribution in [3.8, 4) is 22.8 Å². The van der Waals surface area contributed by atoms with Gasteiger partial charge in [0.15, 0.2) is 0 Å². The fraction of sp³-hybridized carbons (Fsp3) is 0.176. The molecule has 2 aromatic heterocycles. The van der Waals surface area contributed by atoms with E-state index in [-0.39, 0.29) is 46.8 Å². The molecule has 0 saturated heterocycles. The molecular formula is C34H31ClF3N7O6. The lowest BCUT2D eigenvalue weighted by molar-refractivity contribution is -0.198. The molecule has 0 radical (unpaired) electrons. The van der Waals surface area contributed by atoms with Gasteiger partial charge in [-0.3, -0.25) is 14.4 Å². The SMILES string of the molecule is Cc1ccn(-c2cc(Cl)ccc2[C@@H](Oc2cc(-c3ccc(CC(N)C(=O)O)cc3)nc(N)n2)C(F)(F)F)n1.O=C(O)CNC(=O)c1ccccc1. The van der Waals surface area contributed by atoms with E-state index in [1.165, 1.54) is 35.1 Å². The van der Waals surface area contributed by atoms with Gasteiger partial charge in [0, 0.05) is 34.0 Å². The molecule has 2 atom stereocenters. The van der Waals surface area contributed by atoms with Gasteiger partial charge < -0.3 is 31.7 Å². The number of anilines is 1. The van der Waals surface area contributed by atoms with Crippen molar-refractivity contribution in [2.45, 2.75) is 31.7 Å². The van der Waals surface area contributed by atoms with E-state index in [0.717, 1.165) is 0 Å². The molecule has 0 spiro atoms. The van der Waals surface area contributed by atoms with Crippen LogP contribution in [0.5, 0.6) is 5.88 Å². The first-order valence-electron chi connectivity index (χ1n) is 14.9. The lowest BCUT2D eigenvalue weighted by Gasteiger charge is -2.24. The predicted molar refractivity (Wildman–Crippen MR) is 180 cm³/mol. The Bertz CT molecular complexity index is 1990. The van der Waals surface area contributed by atoms with E-state index >= 15 is 0 Å². The van der Waals surface area contributed by atoms with Gasteiger partial charge in [-0.25, -0.2) is 9.67 Å². The highest BCUT2D eigenvalue weighted by Gasteiger charge is 2.45. The molecule has 0 aliphatic carbocycles. The van der Waals surface area contributed by atoms with Crippen molar-refractivity contribution >= 4 is 35.4 Å². The van der Waals surface area contributed by atoms with Crippen LogP contribution in [0.3, 0.4) is 0 Å². The predicted octanol–water partition coefficient (Wildman–Crippen LogP) is 5.01. The summed E-state index contributed by atoms with van der Waals surface area (Å²) >= 11 is 6.08. The van der Waals surface area contributed by atoms with E-state index in [1.54, 1.807) is 67.6 Å². The van der Waals surface area contributed by atoms with Crippen molar-refractivity contribution < 1.29 is 42.5 Å². The lowest BCUT2D eigenvalue weighted by Crippen LogP contribution is -2.32. The van der Waals surface area contributed by atoms with Crippen molar-refractivity contribution in [3.63, 3.8) is 0 Å². The van der Waals surface area contributed by atoms with Gasteiger partial charge in [-0.05, 0) is 49.2 Å². The second-order valence-corrected chi connectivity index (χ2v) is 11.3. The Morgan fingerprint density at radius 2 is 1.67 bits per heavy atom. The number of nitrogens with zero attached hydrogens (tertiary/aromatic N) is 4. The van der Waals surface area contributed by atoms with Gasteiger partial charge in [0.05, 0.1) is 17.1 Å². The first kappa shape index (κ1) is 37.8. The van der Waals surface area contributed by atoms with Crippen LogP contribution >= 0.6 is 11.6 Å². The van der Waals surface area contributed by atoms with Crippen LogP contribution in [-0.4, -0.2) is 66.6 Å². The number of carboxylic acids is 2. The molecule has 7 N–H and O–H groups in total. The van der Waals surface area contributed by atoms with Gasteiger partial charge >= 0.3 is 18.1 Å². The maximum absolute atomic E-state index is 14.3. The van der Waals surface area contributed by atoms with Gasteiger partial charge in [-0.15, -0.1) is 0 Å². The highest BCUT2D eigenvalue weighted by molar-refractivity contribution is 6.30. The number of aliphatic carboxylic acids is 2. The minimum Gasteiger partial charge on any atom is -0.480 e. The molecule has 1 unspecified atom stereocenters. The summed E-state index contributed by atoms with van der Waals surface area (Å²) in [4.78, 5) is 40.2. The average Bonchev–Trinajstić information content (AvgIpc) is 3.52. The number of carbonyl (C=O) groups is 3. The van der Waals surface area contributed by atoms with Crippen LogP contribution in [0.25, 0.3) is 16.9 Å². The van der Waals surface area contributed by atoms with Crippen LogP contribution in [0.1, 0.15) is 33.3 Å². The molecule has 5 rings (SSSR count). The third kappa shape index (κ3) is 10.7. The number of nitrogens with two attached hydrogens (primary N) is 2. The summed E-state index contributed by atoms with van der Waals surface area (Å²) in [5.74, 6) is -3.25. The summed E-state index contributed by atoms with van der Waals surface area (Å²) in [5, 5.41) is 24.0. The van der Waals surface area contributed by atoms with Crippen LogP contribution < -0.4 is 21.5 Å². The zero-order valence-electron chi connectivity index (χ0n) is 26.7. The van der Waals surface area contributed by atoms with Crippen LogP contribution in [0.4, 0.5) is 19.1 Å². The summed E-state index contributed by atoms with van der Waals surface area (Å²) in [6.45, 7) is 1.35. The summed E-state index contributed by atoms with van der Waals surface area (Å²) < 4.78 is 49.6. The second kappa shape index (κ2) is 16.6. The fourth-order valence-corrected chi connectivity index (χ4v) is 4.73. The number of halogens is 4. The molecule has 0 saturated carbocycles. The molecule has 13 nitrogen and oxygen atoms in total. The minimum atomic E-state index is -4.84. The van der Waals surface area contributed by atoms with E-state index in [2.05, 4.69) is 20.4 Å². The molecule has 0 aliphatic heterocycles. The van der Waals surface area contributed by atoms with E-state index in [1.807, 2.05) is 0 Å². The van der Waals surface area contributed by atoms with Crippen molar-refractivity contribution in [1.29, 1.82) is 0 Å². The van der Waals surface area contributed by atoms with Gasteiger partial charge in [0.25, 0.3) is 5.91 Å². The normalized spacial score (nSPS) is 12.2. The number of alkyl halides is 3. The molecule has 0 fully saturated rings. The number of aromatic nitrogens is 4. The summed E-state index contributed by atoms with van der Waals surface area (Å²) in [7, 11) is 0. The third-order valence-corrected chi connectivity index (χ3v) is 7.19. The Balaban J connectivity index is 0.000000378. The van der Waals surface area contributed by atoms with E-state index in [9.17, 15) is 27.6 Å². The number of ether oxygens (including phenoxy) is 1. The largest absolute Gasteiger partial charge is 0.480 e. The zero-order chi connectivity index (χ0) is 37.3. The number of carboxylic acid groups (broad SMARTS) is 2. The fourth-order valence-electron chi connectivity index (χ4n) is 4.56. The minimum absolute atomic E-state index is 0.0883. The molecule has 3 aromatic carbocycles. The number of nitrogen functional groups attached to an aromatic ring is 1. The highest BCUT2D eigenvalue weighted by atomic mass is 35.5. The first-order valence-corrected chi connectivity index (χ1v) is 15.3. The maximum atomic E-state index is 14.3. The van der Waals surface area contributed by atoms with Crippen molar-refractivity contribution in [2.24, 2.45) is 5.73 Å². The quantitative estimate of drug-likeness (QED) is 0.122. The Morgan fingerprint density at radius 3 is 2.25 bits per heavy atom. The molecule has 51 heavy (non-hydrogen) atoms. The zero-order valence-corrected chi connectivity index (χ0v) is 27.5. The van der Waals surface area contributed by atoms with Crippen molar-refractivity contribution in [2.75, 3.05) is 12.3 Å². The van der Waals surface area contributed by atoms with Crippen molar-refractivity contribution in [3.05, 3.63) is 119 Å². The van der Waals surface area contributed by atoms with Gasteiger partial charge in [0.2, 0.25) is 17.9 Å². The molecule has 2 heterocycles. The number of aryl methyl sites for hydroxylation is 1. The van der Waals surface area contributed by atoms with Gasteiger partial charge in [-0.1, -0.05) is 60.1 Å². The van der Waals surface area contributed by atoms with Gasteiger partial charge in [0.1, 0.15) is 12.6 Å². The third-order valence-electron chi connectivity index (χ3n) is 6.96. The Morgan fingerprint density at radius 1 is 0.980 bits per heavy atom. The number of nitrogens with one attached hydrogen (secondary N) is 1. The van der Waals surface area contributed by atoms with Crippen LogP contribution in [0.2, 0.25) is 5.02 Å². The highest BCUT2D eigenvalue weighted by Crippen LogP contribution is 2.40. The average molecular weight is 726 g/mol. The Hall–Kier alpha value is -6.00. The van der Waals surface area contributed by atoms with Crippen molar-refractivity contribution in [1.82, 2.24) is 25.1 Å². The Kier molecular flexibility index (Phi) is 12.3. The molecule has 5 aromatic rings. The van der Waals surface area contributed by atoms with E-state index in [0.29, 0.717) is 22.4 Å². The van der Waals surface area contributed by atoms with Crippen LogP contribution in [-0.2, 0) is 16.0 Å². The second-order valence-electron chi connectivity index (χ2n) is 10.9. The van der Waals surface area contributed by atoms with E-state index < -0.39 is 36.1 Å². The number of hydrogen-bond donors (Lipinski definition) is 5. The summed E-state index contributed by atoms with van der Waals surface area (Å²) in [6.07, 6.45) is -5.65. The van der Waals surface area contributed by atoms with E-state index in [4.69, 9.17) is 38.0 Å². The molecule has 0 aliphatic rings. The number of amides is 1. The number of carbonyl (C=O) groups excluding carboxylic acids is 1. The summed E-state index contributed by atoms with van der Waals surface area (Å²) in [6, 6.07) is 20.7. The van der Waals surface area contributed by atoms with Crippen LogP contribution in [0.15, 0.2) is 91.1 Å². The molecule has 17 heteroatoms. The lowest BCUT2D eigenvalue weighted by atomic mass is 10.0. The molecule has 1 amide bonds. The number of benzene rings is 3. The van der Waals surface area contributed by atoms with Crippen LogP contribution in [0, 0.1) is 6.92 Å². The van der Waals surface area contributed by atoms with Gasteiger partial charge in [-0.2, -0.15) is 23.3 Å². The number of rotatable bonds is 11. The molecule has 0 bridgehead atoms. The first-order chi connectivity index (χ1) is 24.1. The summed E-state index contributed by atoms with van der Waals surface area (Å²) in [5.41, 5.74) is 13.6. The topological polar surface area (TPSA) is 209 Å². The molecular weight excluding hydrogens is 695 g/mol.